The summed E-state index contributed by atoms with van der Waals surface area (Å²) in [6.07, 6.45) is 2.36. The molecule has 8 N–H and O–H groups in total. The van der Waals surface area contributed by atoms with Crippen LogP contribution in [0.5, 0.6) is 0 Å². The number of carbonyl (C=O) groups is 5. The number of aromatic amines is 1. The Labute approximate surface area is 201 Å². The van der Waals surface area contributed by atoms with E-state index >= 15 is 0 Å². The Kier molecular flexibility index (Phi) is 8.07. The summed E-state index contributed by atoms with van der Waals surface area (Å²) < 4.78 is 0. The highest BCUT2D eigenvalue weighted by Gasteiger charge is 2.39. The number of fused-ring (bicyclic) bond motifs is 1. The topological polar surface area (TPSA) is 201 Å². The van der Waals surface area contributed by atoms with E-state index in [2.05, 4.69) is 15.6 Å². The fraction of sp³-hybridized carbons (Fsp3) is 0.435. The van der Waals surface area contributed by atoms with Crippen LogP contribution in [0.4, 0.5) is 0 Å². The monoisotopic (exact) mass is 486 g/mol. The van der Waals surface area contributed by atoms with Crippen molar-refractivity contribution in [2.24, 2.45) is 11.5 Å². The molecule has 1 aromatic heterocycles. The summed E-state index contributed by atoms with van der Waals surface area (Å²) in [4.78, 5) is 65.8. The second-order valence-corrected chi connectivity index (χ2v) is 8.66. The summed E-state index contributed by atoms with van der Waals surface area (Å²) in [5.41, 5.74) is 12.5. The molecule has 12 heteroatoms. The fourth-order valence-corrected chi connectivity index (χ4v) is 4.18. The van der Waals surface area contributed by atoms with Gasteiger partial charge in [0.1, 0.15) is 18.1 Å². The average molecular weight is 487 g/mol. The van der Waals surface area contributed by atoms with Crippen LogP contribution in [0.3, 0.4) is 0 Å². The molecule has 0 aliphatic carbocycles. The van der Waals surface area contributed by atoms with Crippen molar-refractivity contribution in [3.63, 3.8) is 0 Å². The molecule has 2 aromatic rings. The number of nitrogens with one attached hydrogen (secondary N) is 3. The third kappa shape index (κ3) is 6.15. The Morgan fingerprint density at radius 3 is 2.60 bits per heavy atom. The van der Waals surface area contributed by atoms with Gasteiger partial charge in [-0.05, 0) is 31.4 Å². The van der Waals surface area contributed by atoms with Gasteiger partial charge in [-0.2, -0.15) is 0 Å². The van der Waals surface area contributed by atoms with Crippen LogP contribution in [0, 0.1) is 0 Å². The summed E-state index contributed by atoms with van der Waals surface area (Å²) in [5.74, 6) is -3.75. The van der Waals surface area contributed by atoms with E-state index in [1.54, 1.807) is 6.20 Å². The number of nitrogens with two attached hydrogens (primary N) is 2. The van der Waals surface area contributed by atoms with Crippen molar-refractivity contribution in [1.29, 1.82) is 0 Å². The summed E-state index contributed by atoms with van der Waals surface area (Å²) in [5, 5.41) is 15.0. The predicted octanol–water partition coefficient (Wildman–Crippen LogP) is -1.02. The lowest BCUT2D eigenvalue weighted by molar-refractivity contribution is -0.144. The highest BCUT2D eigenvalue weighted by molar-refractivity contribution is 5.96. The van der Waals surface area contributed by atoms with E-state index in [0.29, 0.717) is 12.8 Å². The number of likely N-dealkylation sites (tertiary alicyclic amines) is 1. The number of rotatable bonds is 10. The molecule has 188 valence electrons. The number of H-pyrrole nitrogens is 1. The summed E-state index contributed by atoms with van der Waals surface area (Å²) in [6, 6.07) is 3.17. The fourth-order valence-electron chi connectivity index (χ4n) is 4.18. The lowest BCUT2D eigenvalue weighted by Crippen LogP contribution is -2.57. The van der Waals surface area contributed by atoms with Gasteiger partial charge in [0.15, 0.2) is 0 Å². The van der Waals surface area contributed by atoms with E-state index in [0.717, 1.165) is 16.5 Å². The van der Waals surface area contributed by atoms with Crippen molar-refractivity contribution in [2.45, 2.75) is 56.8 Å². The molecule has 4 amide bonds. The van der Waals surface area contributed by atoms with Crippen LogP contribution in [0.2, 0.25) is 0 Å². The van der Waals surface area contributed by atoms with E-state index in [4.69, 9.17) is 16.6 Å². The molecule has 0 saturated carbocycles. The van der Waals surface area contributed by atoms with Gasteiger partial charge in [-0.15, -0.1) is 0 Å². The van der Waals surface area contributed by atoms with Crippen LogP contribution < -0.4 is 22.1 Å². The molecular weight excluding hydrogens is 456 g/mol. The normalized spacial score (nSPS) is 18.0. The Morgan fingerprint density at radius 2 is 1.91 bits per heavy atom. The molecule has 1 saturated heterocycles. The molecule has 4 atom stereocenters. The number of hydrogen-bond acceptors (Lipinski definition) is 6. The molecule has 12 nitrogen and oxygen atoms in total. The Hall–Kier alpha value is -3.93. The lowest BCUT2D eigenvalue weighted by atomic mass is 10.0. The van der Waals surface area contributed by atoms with Gasteiger partial charge in [0.25, 0.3) is 0 Å². The smallest absolute Gasteiger partial charge is 0.325 e. The van der Waals surface area contributed by atoms with Gasteiger partial charge in [0.05, 0.1) is 12.5 Å². The van der Waals surface area contributed by atoms with Crippen LogP contribution in [0.1, 0.15) is 31.7 Å². The average Bonchev–Trinajstić information content (AvgIpc) is 3.45. The zero-order valence-electron chi connectivity index (χ0n) is 19.3. The van der Waals surface area contributed by atoms with Crippen molar-refractivity contribution >= 4 is 40.5 Å². The van der Waals surface area contributed by atoms with Gasteiger partial charge in [-0.25, -0.2) is 0 Å². The van der Waals surface area contributed by atoms with E-state index in [-0.39, 0.29) is 19.4 Å². The third-order valence-electron chi connectivity index (χ3n) is 6.04. The highest BCUT2D eigenvalue weighted by atomic mass is 16.4. The standard InChI is InChI=1S/C23H30N6O6/c1-12(23(34)35)27-21(32)18-7-4-8-29(18)22(33)17(28-20(31)15(24)10-19(25)30)9-13-11-26-16-6-3-2-5-14(13)16/h2-3,5-6,11-12,15,17-18,26H,4,7-10,24H2,1H3,(H2,25,30)(H,27,32)(H,28,31)(H,34,35). The maximum Gasteiger partial charge on any atom is 0.325 e. The van der Waals surface area contributed by atoms with Crippen molar-refractivity contribution in [1.82, 2.24) is 20.5 Å². The summed E-state index contributed by atoms with van der Waals surface area (Å²) >= 11 is 0. The molecule has 0 spiro atoms. The minimum Gasteiger partial charge on any atom is -0.480 e. The molecule has 0 bridgehead atoms. The molecule has 0 radical (unpaired) electrons. The van der Waals surface area contributed by atoms with E-state index < -0.39 is 53.8 Å². The van der Waals surface area contributed by atoms with Crippen LogP contribution in [-0.4, -0.2) is 75.3 Å². The molecule has 4 unspecified atom stereocenters. The maximum atomic E-state index is 13.6. The maximum absolute atomic E-state index is 13.6. The Morgan fingerprint density at radius 1 is 1.20 bits per heavy atom. The zero-order chi connectivity index (χ0) is 25.7. The third-order valence-corrected chi connectivity index (χ3v) is 6.04. The van der Waals surface area contributed by atoms with Crippen LogP contribution >= 0.6 is 0 Å². The number of carboxylic acids is 1. The minimum absolute atomic E-state index is 0.105. The number of aromatic nitrogens is 1. The van der Waals surface area contributed by atoms with Crippen LogP contribution in [0.25, 0.3) is 10.9 Å². The second-order valence-electron chi connectivity index (χ2n) is 8.66. The van der Waals surface area contributed by atoms with Gasteiger partial charge in [0.2, 0.25) is 23.6 Å². The number of carboxylic acid groups (broad SMARTS) is 1. The SMILES string of the molecule is CC(NC(=O)C1CCCN1C(=O)C(Cc1c[nH]c2ccccc12)NC(=O)C(N)CC(N)=O)C(=O)O. The zero-order valence-corrected chi connectivity index (χ0v) is 19.3. The molecule has 1 fully saturated rings. The Balaban J connectivity index is 1.84. The van der Waals surface area contributed by atoms with Gasteiger partial charge in [0, 0.05) is 30.1 Å². The lowest BCUT2D eigenvalue weighted by Gasteiger charge is -2.29. The van der Waals surface area contributed by atoms with Gasteiger partial charge in [-0.1, -0.05) is 18.2 Å². The van der Waals surface area contributed by atoms with Crippen LogP contribution in [-0.2, 0) is 30.4 Å². The van der Waals surface area contributed by atoms with Gasteiger partial charge >= 0.3 is 5.97 Å². The number of hydrogen-bond donors (Lipinski definition) is 6. The first kappa shape index (κ1) is 25.7. The van der Waals surface area contributed by atoms with Gasteiger partial charge < -0.3 is 37.1 Å². The number of primary amides is 1. The number of benzene rings is 1. The van der Waals surface area contributed by atoms with Crippen molar-refractivity contribution < 1.29 is 29.1 Å². The number of aliphatic carboxylic acids is 1. The predicted molar refractivity (Wildman–Crippen MR) is 126 cm³/mol. The molecule has 3 rings (SSSR count). The molecular formula is C23H30N6O6. The van der Waals surface area contributed by atoms with Crippen molar-refractivity contribution in [3.8, 4) is 0 Å². The molecule has 35 heavy (non-hydrogen) atoms. The van der Waals surface area contributed by atoms with E-state index in [9.17, 15) is 24.0 Å². The molecule has 1 aromatic carbocycles. The van der Waals surface area contributed by atoms with Crippen molar-refractivity contribution in [3.05, 3.63) is 36.0 Å². The van der Waals surface area contributed by atoms with E-state index in [1.165, 1.54) is 11.8 Å². The quantitative estimate of drug-likeness (QED) is 0.247. The molecule has 1 aliphatic heterocycles. The highest BCUT2D eigenvalue weighted by Crippen LogP contribution is 2.23. The summed E-state index contributed by atoms with van der Waals surface area (Å²) in [6.45, 7) is 1.60. The first-order valence-corrected chi connectivity index (χ1v) is 11.3. The number of nitrogens with zero attached hydrogens (tertiary/aromatic N) is 1. The largest absolute Gasteiger partial charge is 0.480 e. The number of carbonyl (C=O) groups excluding carboxylic acids is 4. The molecule has 2 heterocycles. The molecule has 1 aliphatic rings. The van der Waals surface area contributed by atoms with Crippen molar-refractivity contribution in [2.75, 3.05) is 6.54 Å². The number of para-hydroxylation sites is 1. The van der Waals surface area contributed by atoms with E-state index in [1.807, 2.05) is 24.3 Å². The minimum atomic E-state index is -1.24. The first-order valence-electron chi connectivity index (χ1n) is 11.3. The van der Waals surface area contributed by atoms with Crippen LogP contribution in [0.15, 0.2) is 30.5 Å². The van der Waals surface area contributed by atoms with Gasteiger partial charge in [-0.3, -0.25) is 24.0 Å². The first-order chi connectivity index (χ1) is 16.6. The second kappa shape index (κ2) is 11.0. The Bertz CT molecular complexity index is 1130. The summed E-state index contributed by atoms with van der Waals surface area (Å²) in [7, 11) is 0. The number of amides is 4.